The van der Waals surface area contributed by atoms with Crippen LogP contribution in [0.1, 0.15) is 26.3 Å². The van der Waals surface area contributed by atoms with Gasteiger partial charge in [-0.3, -0.25) is 4.79 Å². The van der Waals surface area contributed by atoms with Gasteiger partial charge in [-0.05, 0) is 38.5 Å². The van der Waals surface area contributed by atoms with E-state index in [-0.39, 0.29) is 11.9 Å². The van der Waals surface area contributed by atoms with Crippen molar-refractivity contribution in [2.75, 3.05) is 13.1 Å². The minimum atomic E-state index is -0.214. The van der Waals surface area contributed by atoms with Crippen LogP contribution in [0.25, 0.3) is 0 Å². The molecule has 0 aromatic heterocycles. The number of hydrogen-bond donors (Lipinski definition) is 1. The first-order valence-electron chi connectivity index (χ1n) is 6.45. The Kier molecular flexibility index (Phi) is 6.63. The second-order valence-electron chi connectivity index (χ2n) is 4.36. The molecule has 3 nitrogen and oxygen atoms in total. The predicted octanol–water partition coefficient (Wildman–Crippen LogP) is 3.34. The van der Waals surface area contributed by atoms with Gasteiger partial charge < -0.3 is 10.2 Å². The van der Waals surface area contributed by atoms with E-state index in [2.05, 4.69) is 5.32 Å². The number of benzene rings is 1. The Morgan fingerprint density at radius 3 is 2.42 bits per heavy atom. The predicted molar refractivity (Wildman–Crippen MR) is 80.7 cm³/mol. The minimum absolute atomic E-state index is 0.116. The molecule has 0 aliphatic heterocycles. The summed E-state index contributed by atoms with van der Waals surface area (Å²) in [5.74, 6) is 0.116. The summed E-state index contributed by atoms with van der Waals surface area (Å²) in [6.45, 7) is 7.88. The molecular formula is C14H20Cl2N2O. The van der Waals surface area contributed by atoms with Crippen molar-refractivity contribution >= 4 is 29.1 Å². The molecule has 1 atom stereocenters. The number of nitrogens with zero attached hydrogens (tertiary/aromatic N) is 1. The van der Waals surface area contributed by atoms with Crippen molar-refractivity contribution in [3.63, 3.8) is 0 Å². The van der Waals surface area contributed by atoms with Gasteiger partial charge in [-0.1, -0.05) is 29.3 Å². The number of amides is 1. The number of hydrogen-bond acceptors (Lipinski definition) is 2. The van der Waals surface area contributed by atoms with Crippen LogP contribution in [0.5, 0.6) is 0 Å². The third-order valence-corrected chi connectivity index (χ3v) is 3.78. The van der Waals surface area contributed by atoms with Crippen molar-refractivity contribution in [2.24, 2.45) is 0 Å². The average Bonchev–Trinajstić information content (AvgIpc) is 2.41. The fraction of sp³-hybridized carbons (Fsp3) is 0.500. The van der Waals surface area contributed by atoms with E-state index < -0.39 is 0 Å². The maximum atomic E-state index is 12.1. The Labute approximate surface area is 124 Å². The number of halogens is 2. The lowest BCUT2D eigenvalue weighted by atomic mass is 10.2. The summed E-state index contributed by atoms with van der Waals surface area (Å²) in [6, 6.07) is 5.26. The van der Waals surface area contributed by atoms with Crippen molar-refractivity contribution in [1.82, 2.24) is 10.2 Å². The van der Waals surface area contributed by atoms with Gasteiger partial charge in [-0.15, -0.1) is 0 Å². The summed E-state index contributed by atoms with van der Waals surface area (Å²) in [4.78, 5) is 13.9. The molecule has 0 fully saturated rings. The number of rotatable bonds is 6. The van der Waals surface area contributed by atoms with Crippen molar-refractivity contribution in [2.45, 2.75) is 33.4 Å². The van der Waals surface area contributed by atoms with Crippen LogP contribution in [0.4, 0.5) is 0 Å². The second-order valence-corrected chi connectivity index (χ2v) is 5.18. The van der Waals surface area contributed by atoms with Crippen LogP contribution in [-0.4, -0.2) is 29.9 Å². The van der Waals surface area contributed by atoms with Crippen LogP contribution in [0.2, 0.25) is 10.0 Å². The van der Waals surface area contributed by atoms with E-state index in [1.165, 1.54) is 0 Å². The monoisotopic (exact) mass is 302 g/mol. The fourth-order valence-electron chi connectivity index (χ4n) is 1.82. The number of carbonyl (C=O) groups excluding carboxylic acids is 1. The Morgan fingerprint density at radius 1 is 1.26 bits per heavy atom. The number of carbonyl (C=O) groups is 1. The van der Waals surface area contributed by atoms with Gasteiger partial charge in [0.05, 0.1) is 16.1 Å². The van der Waals surface area contributed by atoms with Gasteiger partial charge in [0.1, 0.15) is 0 Å². The molecule has 0 spiro atoms. The molecule has 0 saturated carbocycles. The quantitative estimate of drug-likeness (QED) is 0.874. The fourth-order valence-corrected chi connectivity index (χ4v) is 2.14. The van der Waals surface area contributed by atoms with E-state index in [0.717, 1.165) is 18.7 Å². The maximum absolute atomic E-state index is 12.1. The number of nitrogens with one attached hydrogen (secondary N) is 1. The van der Waals surface area contributed by atoms with E-state index >= 15 is 0 Å². The van der Waals surface area contributed by atoms with E-state index in [9.17, 15) is 4.79 Å². The van der Waals surface area contributed by atoms with Crippen molar-refractivity contribution in [3.05, 3.63) is 33.8 Å². The average molecular weight is 303 g/mol. The molecule has 0 bridgehead atoms. The molecule has 1 aromatic carbocycles. The third-order valence-electron chi connectivity index (χ3n) is 3.04. The first-order valence-corrected chi connectivity index (χ1v) is 7.21. The highest BCUT2D eigenvalue weighted by molar-refractivity contribution is 6.42. The lowest BCUT2D eigenvalue weighted by Gasteiger charge is -2.23. The molecule has 1 amide bonds. The van der Waals surface area contributed by atoms with Gasteiger partial charge in [0, 0.05) is 19.6 Å². The maximum Gasteiger partial charge on any atom is 0.239 e. The molecule has 106 valence electrons. The Morgan fingerprint density at radius 2 is 1.89 bits per heavy atom. The summed E-state index contributed by atoms with van der Waals surface area (Å²) in [6.07, 6.45) is 0. The molecule has 1 aromatic rings. The van der Waals surface area contributed by atoms with E-state index in [4.69, 9.17) is 23.2 Å². The zero-order valence-electron chi connectivity index (χ0n) is 11.5. The molecule has 1 N–H and O–H groups in total. The van der Waals surface area contributed by atoms with Gasteiger partial charge in [-0.25, -0.2) is 0 Å². The largest absolute Gasteiger partial charge is 0.342 e. The zero-order valence-corrected chi connectivity index (χ0v) is 13.1. The van der Waals surface area contributed by atoms with Crippen LogP contribution in [0, 0.1) is 0 Å². The minimum Gasteiger partial charge on any atom is -0.342 e. The Hall–Kier alpha value is -0.770. The van der Waals surface area contributed by atoms with Crippen LogP contribution in [-0.2, 0) is 11.3 Å². The molecule has 1 unspecified atom stereocenters. The van der Waals surface area contributed by atoms with Crippen LogP contribution in [0.15, 0.2) is 18.2 Å². The molecule has 0 heterocycles. The lowest BCUT2D eigenvalue weighted by molar-refractivity contribution is -0.132. The van der Waals surface area contributed by atoms with Crippen molar-refractivity contribution in [3.8, 4) is 0 Å². The highest BCUT2D eigenvalue weighted by Gasteiger charge is 2.17. The molecule has 5 heteroatoms. The summed E-state index contributed by atoms with van der Waals surface area (Å²) in [5, 5.41) is 4.27. The van der Waals surface area contributed by atoms with E-state index in [0.29, 0.717) is 16.6 Å². The first kappa shape index (κ1) is 16.3. The highest BCUT2D eigenvalue weighted by atomic mass is 35.5. The summed E-state index contributed by atoms with van der Waals surface area (Å²) in [5.41, 5.74) is 1.01. The topological polar surface area (TPSA) is 32.3 Å². The van der Waals surface area contributed by atoms with Crippen LogP contribution in [0.3, 0.4) is 0 Å². The molecule has 0 aliphatic rings. The van der Waals surface area contributed by atoms with Gasteiger partial charge in [0.2, 0.25) is 5.91 Å². The van der Waals surface area contributed by atoms with Crippen LogP contribution < -0.4 is 5.32 Å². The summed E-state index contributed by atoms with van der Waals surface area (Å²) < 4.78 is 0. The molecule has 1 rings (SSSR count). The van der Waals surface area contributed by atoms with Gasteiger partial charge in [0.15, 0.2) is 0 Å². The number of likely N-dealkylation sites (N-methyl/N-ethyl adjacent to an activating group) is 1. The highest BCUT2D eigenvalue weighted by Crippen LogP contribution is 2.22. The van der Waals surface area contributed by atoms with Crippen LogP contribution >= 0.6 is 23.2 Å². The summed E-state index contributed by atoms with van der Waals surface area (Å²) in [7, 11) is 0. The van der Waals surface area contributed by atoms with E-state index in [1.807, 2.05) is 37.8 Å². The Bertz CT molecular complexity index is 433. The standard InChI is InChI=1S/C14H20Cl2N2O/c1-4-18(5-2)14(19)10(3)17-9-11-6-7-12(15)13(16)8-11/h6-8,10,17H,4-5,9H2,1-3H3. The van der Waals surface area contributed by atoms with Gasteiger partial charge in [0.25, 0.3) is 0 Å². The molecule has 0 radical (unpaired) electrons. The van der Waals surface area contributed by atoms with Gasteiger partial charge in [-0.2, -0.15) is 0 Å². The third kappa shape index (κ3) is 4.68. The van der Waals surface area contributed by atoms with E-state index in [1.54, 1.807) is 6.07 Å². The molecule has 19 heavy (non-hydrogen) atoms. The molecule has 0 aliphatic carbocycles. The summed E-state index contributed by atoms with van der Waals surface area (Å²) >= 11 is 11.8. The molecular weight excluding hydrogens is 283 g/mol. The second kappa shape index (κ2) is 7.73. The normalized spacial score (nSPS) is 12.3. The molecule has 0 saturated heterocycles. The smallest absolute Gasteiger partial charge is 0.239 e. The van der Waals surface area contributed by atoms with Crippen molar-refractivity contribution in [1.29, 1.82) is 0 Å². The first-order chi connectivity index (χ1) is 8.99. The van der Waals surface area contributed by atoms with Crippen molar-refractivity contribution < 1.29 is 4.79 Å². The van der Waals surface area contributed by atoms with Gasteiger partial charge >= 0.3 is 0 Å². The Balaban J connectivity index is 2.56. The zero-order chi connectivity index (χ0) is 14.4. The lowest BCUT2D eigenvalue weighted by Crippen LogP contribution is -2.44. The SMILES string of the molecule is CCN(CC)C(=O)C(C)NCc1ccc(Cl)c(Cl)c1.